The molecule has 0 saturated heterocycles. The molecule has 0 radical (unpaired) electrons. The van der Waals surface area contributed by atoms with Crippen LogP contribution in [0.5, 0.6) is 0 Å². The predicted molar refractivity (Wildman–Crippen MR) is 84.9 cm³/mol. The summed E-state index contributed by atoms with van der Waals surface area (Å²) in [7, 11) is 0. The van der Waals surface area contributed by atoms with Crippen molar-refractivity contribution in [3.63, 3.8) is 0 Å². The minimum Gasteiger partial charge on any atom is -0.318 e. The molecule has 5 nitrogen and oxygen atoms in total. The van der Waals surface area contributed by atoms with Gasteiger partial charge in [-0.25, -0.2) is 0 Å². The molecule has 0 atom stereocenters. The fourth-order valence-corrected chi connectivity index (χ4v) is 2.03. The number of halogens is 4. The fourth-order valence-electron chi connectivity index (χ4n) is 1.86. The molecule has 0 fully saturated rings. The van der Waals surface area contributed by atoms with Crippen molar-refractivity contribution in [3.05, 3.63) is 58.6 Å². The van der Waals surface area contributed by atoms with Gasteiger partial charge in [-0.15, -0.1) is 0 Å². The molecule has 2 rings (SSSR count). The largest absolute Gasteiger partial charge is 0.418 e. The van der Waals surface area contributed by atoms with E-state index >= 15 is 0 Å². The van der Waals surface area contributed by atoms with Crippen LogP contribution in [0.15, 0.2) is 42.5 Å². The van der Waals surface area contributed by atoms with E-state index in [1.54, 1.807) is 0 Å². The summed E-state index contributed by atoms with van der Waals surface area (Å²) in [4.78, 5) is 23.6. The zero-order chi connectivity index (χ0) is 18.6. The van der Waals surface area contributed by atoms with E-state index in [2.05, 4.69) is 5.32 Å². The number of nitrogens with one attached hydrogen (secondary N) is 2. The van der Waals surface area contributed by atoms with Crippen LogP contribution in [-0.4, -0.2) is 11.8 Å². The number of benzene rings is 2. The second-order valence-corrected chi connectivity index (χ2v) is 5.22. The second kappa shape index (κ2) is 7.23. The lowest BCUT2D eigenvalue weighted by Crippen LogP contribution is -2.30. The third-order valence-corrected chi connectivity index (χ3v) is 3.25. The van der Waals surface area contributed by atoms with E-state index in [0.29, 0.717) is 11.6 Å². The molecule has 0 spiro atoms. The summed E-state index contributed by atoms with van der Waals surface area (Å²) in [6.07, 6.45) is -4.75. The zero-order valence-corrected chi connectivity index (χ0v) is 13.1. The summed E-state index contributed by atoms with van der Waals surface area (Å²) in [5, 5.41) is 12.6. The van der Waals surface area contributed by atoms with Gasteiger partial charge in [0.15, 0.2) is 0 Å². The monoisotopic (exact) mass is 367 g/mol. The molecular formula is C16H9ClF3N3O2. The van der Waals surface area contributed by atoms with Crippen molar-refractivity contribution in [1.29, 1.82) is 5.26 Å². The summed E-state index contributed by atoms with van der Waals surface area (Å²) in [6.45, 7) is 0. The first-order valence-electron chi connectivity index (χ1n) is 6.70. The average Bonchev–Trinajstić information content (AvgIpc) is 2.56. The highest BCUT2D eigenvalue weighted by atomic mass is 35.5. The lowest BCUT2D eigenvalue weighted by Gasteiger charge is -2.14. The Morgan fingerprint density at radius 3 is 2.16 bits per heavy atom. The fraction of sp³-hybridized carbons (Fsp3) is 0.0625. The number of nitrogens with zero attached hydrogens (tertiary/aromatic N) is 1. The van der Waals surface area contributed by atoms with Crippen LogP contribution in [0.25, 0.3) is 0 Å². The summed E-state index contributed by atoms with van der Waals surface area (Å²) in [6, 6.07) is 10.2. The van der Waals surface area contributed by atoms with E-state index in [1.165, 1.54) is 24.3 Å². The molecule has 2 aromatic rings. The molecule has 2 N–H and O–H groups in total. The Morgan fingerprint density at radius 2 is 1.60 bits per heavy atom. The van der Waals surface area contributed by atoms with Gasteiger partial charge >= 0.3 is 18.0 Å². The molecule has 0 saturated carbocycles. The second-order valence-electron chi connectivity index (χ2n) is 4.79. The molecule has 0 aromatic heterocycles. The summed E-state index contributed by atoms with van der Waals surface area (Å²) in [5.41, 5.74) is -1.19. The highest BCUT2D eigenvalue weighted by molar-refractivity contribution is 6.43. The van der Waals surface area contributed by atoms with Gasteiger partial charge in [-0.1, -0.05) is 11.6 Å². The topological polar surface area (TPSA) is 82.0 Å². The number of hydrogen-bond donors (Lipinski definition) is 2. The van der Waals surface area contributed by atoms with E-state index in [0.717, 1.165) is 12.1 Å². The maximum absolute atomic E-state index is 13.0. The normalized spacial score (nSPS) is 10.7. The van der Waals surface area contributed by atoms with Crippen LogP contribution in [0.3, 0.4) is 0 Å². The van der Waals surface area contributed by atoms with Crippen molar-refractivity contribution in [2.75, 3.05) is 10.6 Å². The minimum absolute atomic E-state index is 0.160. The maximum Gasteiger partial charge on any atom is 0.418 e. The van der Waals surface area contributed by atoms with Gasteiger partial charge in [0.05, 0.1) is 22.9 Å². The molecule has 0 aliphatic rings. The van der Waals surface area contributed by atoms with E-state index < -0.39 is 29.2 Å². The molecule has 0 aliphatic heterocycles. The standard InChI is InChI=1S/C16H9ClF3N3O2/c17-10-3-6-13(12(7-10)16(18,19)20)23-15(25)14(24)22-11-4-1-9(8-21)2-5-11/h1-7H,(H,22,24)(H,23,25). The summed E-state index contributed by atoms with van der Waals surface area (Å²) >= 11 is 5.54. The first-order valence-corrected chi connectivity index (χ1v) is 7.08. The van der Waals surface area contributed by atoms with Crippen molar-refractivity contribution in [3.8, 4) is 6.07 Å². The number of alkyl halides is 3. The molecule has 9 heteroatoms. The van der Waals surface area contributed by atoms with Crippen LogP contribution in [-0.2, 0) is 15.8 Å². The van der Waals surface area contributed by atoms with Gasteiger partial charge in [0.25, 0.3) is 0 Å². The van der Waals surface area contributed by atoms with Crippen molar-refractivity contribution >= 4 is 34.8 Å². The van der Waals surface area contributed by atoms with Gasteiger partial charge in [0.2, 0.25) is 0 Å². The Balaban J connectivity index is 2.14. The quantitative estimate of drug-likeness (QED) is 0.792. The van der Waals surface area contributed by atoms with Crippen LogP contribution in [0.1, 0.15) is 11.1 Å². The molecule has 128 valence electrons. The summed E-state index contributed by atoms with van der Waals surface area (Å²) in [5.74, 6) is -2.44. The number of rotatable bonds is 2. The molecule has 25 heavy (non-hydrogen) atoms. The number of carbonyl (C=O) groups excluding carboxylic acids is 2. The molecule has 0 heterocycles. The van der Waals surface area contributed by atoms with Gasteiger partial charge in [0, 0.05) is 10.7 Å². The number of hydrogen-bond acceptors (Lipinski definition) is 3. The molecular weight excluding hydrogens is 359 g/mol. The third kappa shape index (κ3) is 4.71. The van der Waals surface area contributed by atoms with Crippen LogP contribution < -0.4 is 10.6 Å². The van der Waals surface area contributed by atoms with Gasteiger partial charge in [-0.3, -0.25) is 9.59 Å². The Hall–Kier alpha value is -3.05. The minimum atomic E-state index is -4.75. The van der Waals surface area contributed by atoms with Gasteiger partial charge in [-0.2, -0.15) is 18.4 Å². The van der Waals surface area contributed by atoms with Crippen molar-refractivity contribution in [2.24, 2.45) is 0 Å². The van der Waals surface area contributed by atoms with Crippen molar-refractivity contribution < 1.29 is 22.8 Å². The number of anilines is 2. The van der Waals surface area contributed by atoms with Gasteiger partial charge in [0.1, 0.15) is 0 Å². The van der Waals surface area contributed by atoms with E-state index in [4.69, 9.17) is 16.9 Å². The Bertz CT molecular complexity index is 858. The van der Waals surface area contributed by atoms with E-state index in [1.807, 2.05) is 11.4 Å². The van der Waals surface area contributed by atoms with Crippen LogP contribution in [0.4, 0.5) is 24.5 Å². The van der Waals surface area contributed by atoms with E-state index in [9.17, 15) is 22.8 Å². The van der Waals surface area contributed by atoms with Crippen molar-refractivity contribution in [2.45, 2.75) is 6.18 Å². The predicted octanol–water partition coefficient (Wildman–Crippen LogP) is 3.81. The molecule has 0 bridgehead atoms. The van der Waals surface area contributed by atoms with Crippen LogP contribution in [0.2, 0.25) is 5.02 Å². The Kier molecular flexibility index (Phi) is 5.29. The lowest BCUT2D eigenvalue weighted by atomic mass is 10.1. The summed E-state index contributed by atoms with van der Waals surface area (Å²) < 4.78 is 38.9. The van der Waals surface area contributed by atoms with Crippen LogP contribution >= 0.6 is 11.6 Å². The average molecular weight is 368 g/mol. The van der Waals surface area contributed by atoms with Crippen LogP contribution in [0, 0.1) is 11.3 Å². The Labute approximate surface area is 145 Å². The maximum atomic E-state index is 13.0. The molecule has 2 aromatic carbocycles. The van der Waals surface area contributed by atoms with Gasteiger partial charge < -0.3 is 10.6 Å². The zero-order valence-electron chi connectivity index (χ0n) is 12.3. The molecule has 2 amide bonds. The first-order chi connectivity index (χ1) is 11.7. The Morgan fingerprint density at radius 1 is 1.00 bits per heavy atom. The lowest BCUT2D eigenvalue weighted by molar-refractivity contribution is -0.137. The van der Waals surface area contributed by atoms with Crippen molar-refractivity contribution in [1.82, 2.24) is 0 Å². The molecule has 0 unspecified atom stereocenters. The van der Waals surface area contributed by atoms with Gasteiger partial charge in [-0.05, 0) is 42.5 Å². The SMILES string of the molecule is N#Cc1ccc(NC(=O)C(=O)Nc2ccc(Cl)cc2C(F)(F)F)cc1. The van der Waals surface area contributed by atoms with E-state index in [-0.39, 0.29) is 10.7 Å². The smallest absolute Gasteiger partial charge is 0.318 e. The number of amides is 2. The number of nitriles is 1. The highest BCUT2D eigenvalue weighted by Crippen LogP contribution is 2.36. The highest BCUT2D eigenvalue weighted by Gasteiger charge is 2.34. The third-order valence-electron chi connectivity index (χ3n) is 3.01. The first kappa shape index (κ1) is 18.3. The molecule has 0 aliphatic carbocycles. The number of carbonyl (C=O) groups is 2.